The topological polar surface area (TPSA) is 141 Å². The van der Waals surface area contributed by atoms with E-state index >= 15 is 0 Å². The number of esters is 1. The summed E-state index contributed by atoms with van der Waals surface area (Å²) in [6.45, 7) is 6.86. The smallest absolute Gasteiger partial charge is 0.421 e. The molecule has 0 radical (unpaired) electrons. The van der Waals surface area contributed by atoms with E-state index in [1.807, 2.05) is 0 Å². The van der Waals surface area contributed by atoms with Crippen LogP contribution in [0.1, 0.15) is 38.8 Å². The number of nitrogens with one attached hydrogen (secondary N) is 3. The monoisotopic (exact) mass is 625 g/mol. The Kier molecular flexibility index (Phi) is 11.2. The van der Waals surface area contributed by atoms with Gasteiger partial charge in [-0.1, -0.05) is 12.1 Å². The number of anilines is 4. The maximum absolute atomic E-state index is 13.7. The first-order chi connectivity index (χ1) is 20.1. The number of alkyl halides is 3. The number of rotatable bonds is 14. The van der Waals surface area contributed by atoms with Crippen molar-refractivity contribution in [3.05, 3.63) is 65.9 Å². The summed E-state index contributed by atoms with van der Waals surface area (Å²) >= 11 is 0. The predicted molar refractivity (Wildman–Crippen MR) is 156 cm³/mol. The minimum absolute atomic E-state index is 0.0608. The average molecular weight is 626 g/mol. The Morgan fingerprint density at radius 2 is 1.72 bits per heavy atom. The van der Waals surface area contributed by atoms with Crippen molar-refractivity contribution < 1.29 is 40.6 Å². The SMILES string of the molecule is CCS(=O)(=O)Nc1cccc(CNc2nc(Nc3ccc(OCCOCC(=O)OC(C)(C)C)cc3)ncc2C(F)(F)F)c1. The number of aromatic nitrogens is 2. The molecule has 0 aliphatic carbocycles. The molecule has 2 aromatic carbocycles. The fourth-order valence-electron chi connectivity index (χ4n) is 3.48. The van der Waals surface area contributed by atoms with Gasteiger partial charge in [-0.05, 0) is 69.7 Å². The van der Waals surface area contributed by atoms with E-state index in [-0.39, 0.29) is 38.1 Å². The van der Waals surface area contributed by atoms with Gasteiger partial charge in [0.2, 0.25) is 16.0 Å². The maximum Gasteiger partial charge on any atom is 0.421 e. The number of carbonyl (C=O) groups excluding carboxylic acids is 1. The molecule has 3 N–H and O–H groups in total. The lowest BCUT2D eigenvalue weighted by molar-refractivity contribution is -0.160. The fourth-order valence-corrected chi connectivity index (χ4v) is 4.11. The van der Waals surface area contributed by atoms with Crippen LogP contribution in [-0.4, -0.2) is 55.5 Å². The molecule has 3 aromatic rings. The largest absolute Gasteiger partial charge is 0.491 e. The van der Waals surface area contributed by atoms with Crippen LogP contribution >= 0.6 is 0 Å². The number of benzene rings is 2. The number of hydrogen-bond donors (Lipinski definition) is 3. The van der Waals surface area contributed by atoms with Crippen LogP contribution in [0.4, 0.5) is 36.3 Å². The Morgan fingerprint density at radius 1 is 1.00 bits per heavy atom. The van der Waals surface area contributed by atoms with Crippen molar-refractivity contribution in [1.29, 1.82) is 0 Å². The third kappa shape index (κ3) is 11.6. The number of halogens is 3. The van der Waals surface area contributed by atoms with E-state index in [2.05, 4.69) is 25.3 Å². The average Bonchev–Trinajstić information content (AvgIpc) is 2.91. The van der Waals surface area contributed by atoms with E-state index in [9.17, 15) is 26.4 Å². The van der Waals surface area contributed by atoms with Crippen LogP contribution in [0.25, 0.3) is 0 Å². The van der Waals surface area contributed by atoms with Gasteiger partial charge in [-0.3, -0.25) is 4.72 Å². The summed E-state index contributed by atoms with van der Waals surface area (Å²) in [5.74, 6) is -0.618. The molecule has 0 unspecified atom stereocenters. The normalized spacial score (nSPS) is 12.0. The molecule has 234 valence electrons. The van der Waals surface area contributed by atoms with Gasteiger partial charge in [0.25, 0.3) is 0 Å². The lowest BCUT2D eigenvalue weighted by atomic mass is 10.2. The van der Waals surface area contributed by atoms with Gasteiger partial charge >= 0.3 is 12.1 Å². The minimum atomic E-state index is -4.71. The van der Waals surface area contributed by atoms with E-state index in [0.29, 0.717) is 28.9 Å². The first kappa shape index (κ1) is 33.4. The number of hydrogen-bond acceptors (Lipinski definition) is 10. The molecule has 0 aliphatic heterocycles. The van der Waals surface area contributed by atoms with Gasteiger partial charge < -0.3 is 24.8 Å². The summed E-state index contributed by atoms with van der Waals surface area (Å²) in [6, 6.07) is 12.8. The number of carbonyl (C=O) groups is 1. The van der Waals surface area contributed by atoms with Crippen LogP contribution in [0, 0.1) is 0 Å². The van der Waals surface area contributed by atoms with Crippen molar-refractivity contribution >= 4 is 39.1 Å². The molecule has 43 heavy (non-hydrogen) atoms. The summed E-state index contributed by atoms with van der Waals surface area (Å²) < 4.78 is 83.0. The summed E-state index contributed by atoms with van der Waals surface area (Å²) in [6.07, 6.45) is -4.03. The zero-order chi connectivity index (χ0) is 31.7. The Bertz CT molecular complexity index is 1480. The van der Waals surface area contributed by atoms with Crippen molar-refractivity contribution in [2.24, 2.45) is 0 Å². The fraction of sp³-hybridized carbons (Fsp3) is 0.393. The number of nitrogens with zero attached hydrogens (tertiary/aromatic N) is 2. The van der Waals surface area contributed by atoms with Crippen molar-refractivity contribution in [3.8, 4) is 5.75 Å². The minimum Gasteiger partial charge on any atom is -0.491 e. The molecule has 0 bridgehead atoms. The van der Waals surface area contributed by atoms with Crippen molar-refractivity contribution in [2.45, 2.75) is 46.0 Å². The quantitative estimate of drug-likeness (QED) is 0.159. The summed E-state index contributed by atoms with van der Waals surface area (Å²) in [5.41, 5.74) is -0.330. The first-order valence-corrected chi connectivity index (χ1v) is 14.9. The Labute approximate surface area is 248 Å². The van der Waals surface area contributed by atoms with Crippen LogP contribution in [0.2, 0.25) is 0 Å². The summed E-state index contributed by atoms with van der Waals surface area (Å²) in [5, 5.41) is 5.54. The highest BCUT2D eigenvalue weighted by Gasteiger charge is 2.35. The van der Waals surface area contributed by atoms with Gasteiger partial charge in [-0.2, -0.15) is 18.2 Å². The Balaban J connectivity index is 1.59. The molecule has 0 atom stereocenters. The molecule has 0 spiro atoms. The maximum atomic E-state index is 13.7. The molecule has 0 saturated heterocycles. The molecular formula is C28H34F3N5O6S. The van der Waals surface area contributed by atoms with Crippen LogP contribution in [-0.2, 0) is 37.0 Å². The predicted octanol–water partition coefficient (Wildman–Crippen LogP) is 5.35. The van der Waals surface area contributed by atoms with Crippen LogP contribution in [0.15, 0.2) is 54.7 Å². The lowest BCUT2D eigenvalue weighted by Gasteiger charge is -2.19. The first-order valence-electron chi connectivity index (χ1n) is 13.2. The van der Waals surface area contributed by atoms with Crippen molar-refractivity contribution in [3.63, 3.8) is 0 Å². The molecule has 15 heteroatoms. The Hall–Kier alpha value is -4.11. The molecular weight excluding hydrogens is 591 g/mol. The molecule has 0 aliphatic rings. The zero-order valence-electron chi connectivity index (χ0n) is 24.1. The lowest BCUT2D eigenvalue weighted by Crippen LogP contribution is -2.27. The second kappa shape index (κ2) is 14.4. The van der Waals surface area contributed by atoms with E-state index < -0.39 is 39.2 Å². The third-order valence-corrected chi connectivity index (χ3v) is 6.69. The second-order valence-electron chi connectivity index (χ2n) is 10.1. The van der Waals surface area contributed by atoms with Gasteiger partial charge in [0.1, 0.15) is 35.9 Å². The van der Waals surface area contributed by atoms with Crippen molar-refractivity contribution in [1.82, 2.24) is 9.97 Å². The highest BCUT2D eigenvalue weighted by Crippen LogP contribution is 2.34. The van der Waals surface area contributed by atoms with Crippen LogP contribution < -0.4 is 20.1 Å². The highest BCUT2D eigenvalue weighted by atomic mass is 32.2. The second-order valence-corrected chi connectivity index (χ2v) is 12.2. The summed E-state index contributed by atoms with van der Waals surface area (Å²) in [4.78, 5) is 19.5. The molecule has 1 heterocycles. The van der Waals surface area contributed by atoms with Gasteiger partial charge in [0, 0.05) is 24.1 Å². The molecule has 3 rings (SSSR count). The Morgan fingerprint density at radius 3 is 2.37 bits per heavy atom. The molecule has 0 fully saturated rings. The van der Waals surface area contributed by atoms with Gasteiger partial charge in [0.05, 0.1) is 12.4 Å². The number of sulfonamides is 1. The van der Waals surface area contributed by atoms with Crippen molar-refractivity contribution in [2.75, 3.05) is 40.9 Å². The van der Waals surface area contributed by atoms with Crippen LogP contribution in [0.3, 0.4) is 0 Å². The zero-order valence-corrected chi connectivity index (χ0v) is 24.9. The van der Waals surface area contributed by atoms with Gasteiger partial charge in [-0.25, -0.2) is 18.2 Å². The van der Waals surface area contributed by atoms with E-state index in [4.69, 9.17) is 14.2 Å². The van der Waals surface area contributed by atoms with Gasteiger partial charge in [-0.15, -0.1) is 0 Å². The van der Waals surface area contributed by atoms with Crippen LogP contribution in [0.5, 0.6) is 5.75 Å². The van der Waals surface area contributed by atoms with E-state index in [1.165, 1.54) is 13.0 Å². The van der Waals surface area contributed by atoms with E-state index in [1.54, 1.807) is 63.2 Å². The van der Waals surface area contributed by atoms with E-state index in [0.717, 1.165) is 0 Å². The molecule has 1 aromatic heterocycles. The number of ether oxygens (including phenoxy) is 3. The molecule has 0 amide bonds. The highest BCUT2D eigenvalue weighted by molar-refractivity contribution is 7.92. The molecule has 11 nitrogen and oxygen atoms in total. The summed E-state index contributed by atoms with van der Waals surface area (Å²) in [7, 11) is -3.51. The standard InChI is InChI=1S/C28H34F3N5O6S/c1-5-43(38,39)36-21-8-6-7-19(15-21)16-32-25-23(28(29,30)31)17-33-26(35-25)34-20-9-11-22(12-10-20)41-14-13-40-18-24(37)42-27(2,3)4/h6-12,15,17,36H,5,13-14,16,18H2,1-4H3,(H2,32,33,34,35). The van der Waals surface area contributed by atoms with Gasteiger partial charge in [0.15, 0.2) is 0 Å². The molecule has 0 saturated carbocycles. The third-order valence-electron chi connectivity index (χ3n) is 5.38.